The average Bonchev–Trinajstić information content (AvgIpc) is 2.46. The summed E-state index contributed by atoms with van der Waals surface area (Å²) >= 11 is 6.16. The number of amides is 1. The second kappa shape index (κ2) is 6.94. The maximum atomic E-state index is 12.3. The Labute approximate surface area is 121 Å². The molecule has 1 aliphatic carbocycles. The Bertz CT molecular complexity index is 303. The Morgan fingerprint density at radius 2 is 2.11 bits per heavy atom. The van der Waals surface area contributed by atoms with Crippen LogP contribution in [-0.4, -0.2) is 31.5 Å². The Morgan fingerprint density at radius 1 is 1.37 bits per heavy atom. The third kappa shape index (κ3) is 3.85. The summed E-state index contributed by atoms with van der Waals surface area (Å²) in [6.45, 7) is 4.27. The molecule has 1 aliphatic heterocycles. The van der Waals surface area contributed by atoms with E-state index in [-0.39, 0.29) is 17.2 Å². The van der Waals surface area contributed by atoms with Crippen molar-refractivity contribution in [3.8, 4) is 0 Å². The first-order valence-corrected chi connectivity index (χ1v) is 8.12. The van der Waals surface area contributed by atoms with Gasteiger partial charge in [-0.2, -0.15) is 0 Å². The fraction of sp³-hybridized carbons (Fsp3) is 0.933. The van der Waals surface area contributed by atoms with Crippen LogP contribution in [0.3, 0.4) is 0 Å². The summed E-state index contributed by atoms with van der Waals surface area (Å²) in [5.74, 6) is 1.30. The quantitative estimate of drug-likeness (QED) is 0.808. The van der Waals surface area contributed by atoms with E-state index in [9.17, 15) is 4.79 Å². The van der Waals surface area contributed by atoms with Crippen LogP contribution < -0.4 is 5.32 Å². The molecule has 1 amide bonds. The molecule has 2 rings (SSSR count). The lowest BCUT2D eigenvalue weighted by Crippen LogP contribution is -2.45. The molecular weight excluding hydrogens is 262 g/mol. The van der Waals surface area contributed by atoms with Gasteiger partial charge in [0.2, 0.25) is 5.91 Å². The van der Waals surface area contributed by atoms with Gasteiger partial charge in [-0.3, -0.25) is 4.79 Å². The predicted molar refractivity (Wildman–Crippen MR) is 77.3 cm³/mol. The lowest BCUT2D eigenvalue weighted by Gasteiger charge is -2.36. The Hall–Kier alpha value is -0.280. The molecule has 1 saturated carbocycles. The monoisotopic (exact) mass is 287 g/mol. The van der Waals surface area contributed by atoms with Gasteiger partial charge >= 0.3 is 0 Å². The van der Waals surface area contributed by atoms with Gasteiger partial charge in [0.05, 0.1) is 0 Å². The van der Waals surface area contributed by atoms with Crippen molar-refractivity contribution in [3.05, 3.63) is 0 Å². The highest BCUT2D eigenvalue weighted by Crippen LogP contribution is 2.37. The number of carbonyl (C=O) groups is 1. The zero-order valence-corrected chi connectivity index (χ0v) is 12.7. The molecule has 2 atom stereocenters. The van der Waals surface area contributed by atoms with Crippen molar-refractivity contribution in [2.24, 2.45) is 17.3 Å². The Balaban J connectivity index is 1.84. The first-order valence-electron chi connectivity index (χ1n) is 7.58. The van der Waals surface area contributed by atoms with Gasteiger partial charge in [0, 0.05) is 37.0 Å². The van der Waals surface area contributed by atoms with Crippen LogP contribution in [0.1, 0.15) is 45.4 Å². The van der Waals surface area contributed by atoms with E-state index < -0.39 is 0 Å². The van der Waals surface area contributed by atoms with Gasteiger partial charge in [-0.1, -0.05) is 26.2 Å². The molecule has 2 unspecified atom stereocenters. The molecule has 0 aromatic rings. The summed E-state index contributed by atoms with van der Waals surface area (Å²) in [4.78, 5) is 12.3. The summed E-state index contributed by atoms with van der Waals surface area (Å²) in [7, 11) is 0. The average molecular weight is 288 g/mol. The van der Waals surface area contributed by atoms with Crippen molar-refractivity contribution in [1.29, 1.82) is 0 Å². The molecule has 0 radical (unpaired) electrons. The molecule has 1 saturated heterocycles. The largest absolute Gasteiger partial charge is 0.381 e. The number of carbonyl (C=O) groups excluding carboxylic acids is 1. The van der Waals surface area contributed by atoms with Crippen molar-refractivity contribution < 1.29 is 9.53 Å². The maximum Gasteiger partial charge on any atom is 0.223 e. The number of ether oxygens (including phenoxy) is 1. The predicted octanol–water partition coefficient (Wildman–Crippen LogP) is 2.96. The first-order chi connectivity index (χ1) is 9.17. The molecule has 1 N–H and O–H groups in total. The van der Waals surface area contributed by atoms with Crippen molar-refractivity contribution in [2.75, 3.05) is 25.6 Å². The van der Waals surface area contributed by atoms with E-state index in [1.165, 1.54) is 19.3 Å². The highest BCUT2D eigenvalue weighted by atomic mass is 35.5. The van der Waals surface area contributed by atoms with Gasteiger partial charge < -0.3 is 10.1 Å². The second-order valence-corrected chi connectivity index (χ2v) is 6.63. The molecule has 110 valence electrons. The van der Waals surface area contributed by atoms with Crippen molar-refractivity contribution in [2.45, 2.75) is 45.4 Å². The molecule has 0 aromatic heterocycles. The van der Waals surface area contributed by atoms with Gasteiger partial charge in [-0.15, -0.1) is 11.6 Å². The molecule has 1 heterocycles. The first kappa shape index (κ1) is 15.1. The lowest BCUT2D eigenvalue weighted by molar-refractivity contribution is -0.131. The standard InChI is InChI=1S/C15H26ClNO2/c1-12-9-19-8-5-13(12)14(18)17-11-15(10-16)6-3-2-4-7-15/h12-13H,2-11H2,1H3,(H,17,18). The molecule has 2 aliphatic rings. The summed E-state index contributed by atoms with van der Waals surface area (Å²) < 4.78 is 5.40. The number of nitrogens with one attached hydrogen (secondary N) is 1. The van der Waals surface area contributed by atoms with E-state index in [0.717, 1.165) is 25.8 Å². The minimum atomic E-state index is 0.115. The lowest BCUT2D eigenvalue weighted by atomic mass is 9.75. The second-order valence-electron chi connectivity index (χ2n) is 6.36. The highest BCUT2D eigenvalue weighted by Gasteiger charge is 2.34. The third-order valence-corrected chi connectivity index (χ3v) is 5.38. The van der Waals surface area contributed by atoms with E-state index >= 15 is 0 Å². The van der Waals surface area contributed by atoms with E-state index in [4.69, 9.17) is 16.3 Å². The van der Waals surface area contributed by atoms with Gasteiger partial charge in [-0.25, -0.2) is 0 Å². The zero-order valence-electron chi connectivity index (χ0n) is 11.9. The summed E-state index contributed by atoms with van der Waals surface area (Å²) in [5.41, 5.74) is 0.143. The fourth-order valence-electron chi connectivity index (χ4n) is 3.33. The van der Waals surface area contributed by atoms with Gasteiger partial charge in [0.1, 0.15) is 0 Å². The Kier molecular flexibility index (Phi) is 5.52. The van der Waals surface area contributed by atoms with Crippen LogP contribution in [0.15, 0.2) is 0 Å². The van der Waals surface area contributed by atoms with Crippen LogP contribution in [0.5, 0.6) is 0 Å². The minimum absolute atomic E-state index is 0.115. The number of alkyl halides is 1. The maximum absolute atomic E-state index is 12.3. The van der Waals surface area contributed by atoms with Gasteiger partial charge in [0.15, 0.2) is 0 Å². The van der Waals surface area contributed by atoms with Crippen LogP contribution in [0, 0.1) is 17.3 Å². The molecular formula is C15H26ClNO2. The van der Waals surface area contributed by atoms with E-state index in [1.807, 2.05) is 0 Å². The number of hydrogen-bond donors (Lipinski definition) is 1. The number of halogens is 1. The smallest absolute Gasteiger partial charge is 0.223 e. The molecule has 2 fully saturated rings. The van der Waals surface area contributed by atoms with E-state index in [2.05, 4.69) is 12.2 Å². The van der Waals surface area contributed by atoms with Crippen LogP contribution in [0.25, 0.3) is 0 Å². The highest BCUT2D eigenvalue weighted by molar-refractivity contribution is 6.18. The Morgan fingerprint density at radius 3 is 2.74 bits per heavy atom. The molecule has 0 bridgehead atoms. The molecule has 0 spiro atoms. The van der Waals surface area contributed by atoms with Crippen LogP contribution in [0.4, 0.5) is 0 Å². The normalized spacial score (nSPS) is 30.8. The van der Waals surface area contributed by atoms with Gasteiger partial charge in [-0.05, 0) is 25.2 Å². The SMILES string of the molecule is CC1COCCC1C(=O)NCC1(CCl)CCCCC1. The summed E-state index contributed by atoms with van der Waals surface area (Å²) in [5, 5.41) is 3.17. The van der Waals surface area contributed by atoms with Crippen LogP contribution >= 0.6 is 11.6 Å². The van der Waals surface area contributed by atoms with Crippen LogP contribution in [-0.2, 0) is 9.53 Å². The molecule has 4 heteroatoms. The third-order valence-electron chi connectivity index (χ3n) is 4.81. The van der Waals surface area contributed by atoms with Crippen molar-refractivity contribution in [3.63, 3.8) is 0 Å². The summed E-state index contributed by atoms with van der Waals surface area (Å²) in [6.07, 6.45) is 6.96. The zero-order chi connectivity index (χ0) is 13.7. The molecule has 3 nitrogen and oxygen atoms in total. The van der Waals surface area contributed by atoms with Crippen LogP contribution in [0.2, 0.25) is 0 Å². The van der Waals surface area contributed by atoms with Gasteiger partial charge in [0.25, 0.3) is 0 Å². The minimum Gasteiger partial charge on any atom is -0.381 e. The molecule has 0 aromatic carbocycles. The topological polar surface area (TPSA) is 38.3 Å². The number of hydrogen-bond acceptors (Lipinski definition) is 2. The van der Waals surface area contributed by atoms with Crippen molar-refractivity contribution in [1.82, 2.24) is 5.32 Å². The molecule has 19 heavy (non-hydrogen) atoms. The van der Waals surface area contributed by atoms with Crippen molar-refractivity contribution >= 4 is 17.5 Å². The van der Waals surface area contributed by atoms with E-state index in [0.29, 0.717) is 25.0 Å². The number of rotatable bonds is 4. The summed E-state index contributed by atoms with van der Waals surface area (Å²) in [6, 6.07) is 0. The fourth-order valence-corrected chi connectivity index (χ4v) is 3.70. The van der Waals surface area contributed by atoms with E-state index in [1.54, 1.807) is 0 Å².